The van der Waals surface area contributed by atoms with Crippen molar-refractivity contribution in [3.05, 3.63) is 46.0 Å². The fourth-order valence-corrected chi connectivity index (χ4v) is 7.08. The molecule has 0 radical (unpaired) electrons. The summed E-state index contributed by atoms with van der Waals surface area (Å²) in [6.45, 7) is 2.61. The summed E-state index contributed by atoms with van der Waals surface area (Å²) in [4.78, 5) is 29.2. The number of hydrogen-bond donors (Lipinski definition) is 3. The first-order chi connectivity index (χ1) is 16.6. The maximum Gasteiger partial charge on any atom is 0.231 e. The Kier molecular flexibility index (Phi) is 5.98. The normalized spacial score (nSPS) is 26.6. The molecule has 6 rings (SSSR count). The van der Waals surface area contributed by atoms with Crippen LogP contribution in [0.3, 0.4) is 0 Å². The Balaban J connectivity index is 0.990. The SMILES string of the molecule is O=C(Nc1ccc2c(c1)OCO2)C1CCN(CC2NC(=O)C3C(c4cccs4)=CSC3N2)CC1. The number of rotatable bonds is 5. The van der Waals surface area contributed by atoms with Crippen molar-refractivity contribution in [1.29, 1.82) is 0 Å². The molecule has 3 unspecified atom stereocenters. The van der Waals surface area contributed by atoms with Crippen LogP contribution in [-0.2, 0) is 9.59 Å². The maximum atomic E-state index is 12.9. The lowest BCUT2D eigenvalue weighted by Crippen LogP contribution is -2.63. The van der Waals surface area contributed by atoms with Crippen LogP contribution < -0.4 is 25.4 Å². The highest BCUT2D eigenvalue weighted by Crippen LogP contribution is 2.43. The van der Waals surface area contributed by atoms with Crippen LogP contribution in [0.1, 0.15) is 17.7 Å². The molecule has 4 aliphatic heterocycles. The van der Waals surface area contributed by atoms with Crippen molar-refractivity contribution in [2.75, 3.05) is 31.7 Å². The van der Waals surface area contributed by atoms with Gasteiger partial charge < -0.3 is 20.1 Å². The predicted molar refractivity (Wildman–Crippen MR) is 133 cm³/mol. The van der Waals surface area contributed by atoms with Crippen molar-refractivity contribution in [1.82, 2.24) is 15.5 Å². The van der Waals surface area contributed by atoms with Crippen molar-refractivity contribution in [3.63, 3.8) is 0 Å². The number of nitrogens with zero attached hydrogens (tertiary/aromatic N) is 1. The fourth-order valence-electron chi connectivity index (χ4n) is 4.98. The number of benzene rings is 1. The number of carbonyl (C=O) groups is 2. The van der Waals surface area contributed by atoms with Crippen LogP contribution >= 0.6 is 23.1 Å². The average Bonchev–Trinajstić information content (AvgIpc) is 3.59. The van der Waals surface area contributed by atoms with E-state index in [1.54, 1.807) is 29.2 Å². The molecule has 5 heterocycles. The molecular formula is C24H26N4O4S2. The summed E-state index contributed by atoms with van der Waals surface area (Å²) >= 11 is 3.37. The average molecular weight is 499 g/mol. The number of thioether (sulfide) groups is 1. The fraction of sp³-hybridized carbons (Fsp3) is 0.417. The molecule has 0 bridgehead atoms. The molecule has 2 aromatic rings. The van der Waals surface area contributed by atoms with Gasteiger partial charge in [-0.05, 0) is 60.5 Å². The number of fused-ring (bicyclic) bond motifs is 2. The molecule has 1 aromatic heterocycles. The second-order valence-corrected chi connectivity index (χ2v) is 10.9. The van der Waals surface area contributed by atoms with Crippen molar-refractivity contribution >= 4 is 46.2 Å². The zero-order valence-corrected chi connectivity index (χ0v) is 20.1. The monoisotopic (exact) mass is 498 g/mol. The Morgan fingerprint density at radius 1 is 1.18 bits per heavy atom. The predicted octanol–water partition coefficient (Wildman–Crippen LogP) is 2.90. The summed E-state index contributed by atoms with van der Waals surface area (Å²) in [6.07, 6.45) is 1.50. The highest BCUT2D eigenvalue weighted by atomic mass is 32.2. The van der Waals surface area contributed by atoms with Crippen LogP contribution in [-0.4, -0.2) is 54.7 Å². The first-order valence-electron chi connectivity index (χ1n) is 11.5. The molecule has 0 saturated carbocycles. The van der Waals surface area contributed by atoms with Gasteiger partial charge in [0.1, 0.15) is 0 Å². The van der Waals surface area contributed by atoms with E-state index in [1.165, 1.54) is 0 Å². The first kappa shape index (κ1) is 22.0. The molecule has 178 valence electrons. The molecule has 2 amide bonds. The van der Waals surface area contributed by atoms with Gasteiger partial charge in [0, 0.05) is 29.1 Å². The molecule has 1 aromatic carbocycles. The summed E-state index contributed by atoms with van der Waals surface area (Å²) in [6, 6.07) is 9.56. The van der Waals surface area contributed by atoms with Gasteiger partial charge in [-0.15, -0.1) is 23.1 Å². The van der Waals surface area contributed by atoms with Crippen molar-refractivity contribution in [2.24, 2.45) is 11.8 Å². The van der Waals surface area contributed by atoms with Gasteiger partial charge in [-0.25, -0.2) is 0 Å². The lowest BCUT2D eigenvalue weighted by molar-refractivity contribution is -0.126. The summed E-state index contributed by atoms with van der Waals surface area (Å²) in [7, 11) is 0. The minimum Gasteiger partial charge on any atom is -0.454 e. The quantitative estimate of drug-likeness (QED) is 0.584. The van der Waals surface area contributed by atoms with E-state index in [-0.39, 0.29) is 42.0 Å². The maximum absolute atomic E-state index is 12.9. The van der Waals surface area contributed by atoms with Gasteiger partial charge in [-0.3, -0.25) is 19.8 Å². The highest BCUT2D eigenvalue weighted by Gasteiger charge is 2.43. The van der Waals surface area contributed by atoms with E-state index in [2.05, 4.69) is 32.3 Å². The molecule has 3 atom stereocenters. The minimum absolute atomic E-state index is 0.0251. The number of hydrogen-bond acceptors (Lipinski definition) is 8. The standard InChI is InChI=1S/C24H26N4O4S2/c29-22(25-15-3-4-17-18(10-15)32-13-31-17)14-5-7-28(8-6-14)11-20-26-23(30)21-16(12-34-24(21)27-20)19-2-1-9-33-19/h1-4,9-10,12,14,20-21,24,27H,5-8,11,13H2,(H,25,29)(H,26,30). The zero-order chi connectivity index (χ0) is 23.1. The Bertz CT molecular complexity index is 1110. The van der Waals surface area contributed by atoms with Gasteiger partial charge in [-0.2, -0.15) is 0 Å². The second-order valence-electron chi connectivity index (χ2n) is 8.94. The number of likely N-dealkylation sites (tertiary alicyclic amines) is 1. The van der Waals surface area contributed by atoms with Gasteiger partial charge in [-0.1, -0.05) is 6.07 Å². The summed E-state index contributed by atoms with van der Waals surface area (Å²) in [5.74, 6) is 1.33. The van der Waals surface area contributed by atoms with Crippen molar-refractivity contribution in [3.8, 4) is 11.5 Å². The topological polar surface area (TPSA) is 91.9 Å². The molecule has 3 N–H and O–H groups in total. The smallest absolute Gasteiger partial charge is 0.231 e. The number of carbonyl (C=O) groups excluding carboxylic acids is 2. The van der Waals surface area contributed by atoms with Crippen LogP contribution in [0.4, 0.5) is 5.69 Å². The van der Waals surface area contributed by atoms with Crippen LogP contribution in [0.5, 0.6) is 11.5 Å². The van der Waals surface area contributed by atoms with Crippen LogP contribution in [0.25, 0.3) is 5.57 Å². The van der Waals surface area contributed by atoms with E-state index in [0.717, 1.165) is 48.6 Å². The van der Waals surface area contributed by atoms with E-state index in [4.69, 9.17) is 9.47 Å². The third-order valence-corrected chi connectivity index (χ3v) is 8.80. The Labute approximate surface area is 206 Å². The third-order valence-electron chi connectivity index (χ3n) is 6.79. The number of anilines is 1. The van der Waals surface area contributed by atoms with Gasteiger partial charge in [0.2, 0.25) is 18.6 Å². The molecule has 2 saturated heterocycles. The van der Waals surface area contributed by atoms with Crippen LogP contribution in [0, 0.1) is 11.8 Å². The van der Waals surface area contributed by atoms with Crippen LogP contribution in [0.15, 0.2) is 41.1 Å². The molecule has 4 aliphatic rings. The van der Waals surface area contributed by atoms with Crippen molar-refractivity contribution in [2.45, 2.75) is 24.4 Å². The van der Waals surface area contributed by atoms with E-state index in [9.17, 15) is 9.59 Å². The van der Waals surface area contributed by atoms with Crippen molar-refractivity contribution < 1.29 is 19.1 Å². The summed E-state index contributed by atoms with van der Waals surface area (Å²) < 4.78 is 10.7. The molecule has 8 nitrogen and oxygen atoms in total. The van der Waals surface area contributed by atoms with Gasteiger partial charge in [0.05, 0.1) is 17.5 Å². The Hall–Kier alpha value is -2.53. The number of nitrogens with one attached hydrogen (secondary N) is 3. The minimum atomic E-state index is -0.148. The van der Waals surface area contributed by atoms with Gasteiger partial charge in [0.25, 0.3) is 0 Å². The second kappa shape index (κ2) is 9.26. The largest absolute Gasteiger partial charge is 0.454 e. The van der Waals surface area contributed by atoms with Gasteiger partial charge >= 0.3 is 0 Å². The number of ether oxygens (including phenoxy) is 2. The van der Waals surface area contributed by atoms with E-state index >= 15 is 0 Å². The lowest BCUT2D eigenvalue weighted by atomic mass is 9.94. The molecule has 0 aliphatic carbocycles. The van der Waals surface area contributed by atoms with E-state index in [0.29, 0.717) is 11.5 Å². The first-order valence-corrected chi connectivity index (χ1v) is 13.3. The van der Waals surface area contributed by atoms with Gasteiger partial charge in [0.15, 0.2) is 11.5 Å². The van der Waals surface area contributed by atoms with E-state index < -0.39 is 0 Å². The number of thiophene rings is 1. The lowest BCUT2D eigenvalue weighted by Gasteiger charge is -2.39. The third kappa shape index (κ3) is 4.31. The zero-order valence-electron chi connectivity index (χ0n) is 18.5. The van der Waals surface area contributed by atoms with E-state index in [1.807, 2.05) is 23.6 Å². The summed E-state index contributed by atoms with van der Waals surface area (Å²) in [5, 5.41) is 14.0. The number of amides is 2. The molecule has 10 heteroatoms. The summed E-state index contributed by atoms with van der Waals surface area (Å²) in [5.41, 5.74) is 1.84. The Morgan fingerprint density at radius 3 is 2.85 bits per heavy atom. The molecule has 0 spiro atoms. The molecule has 34 heavy (non-hydrogen) atoms. The molecule has 2 fully saturated rings. The van der Waals surface area contributed by atoms with Crippen LogP contribution in [0.2, 0.25) is 0 Å². The Morgan fingerprint density at radius 2 is 2.03 bits per heavy atom. The highest BCUT2D eigenvalue weighted by molar-refractivity contribution is 8.03. The molecular weight excluding hydrogens is 472 g/mol. The number of piperidine rings is 1.